The molecular formula is C18H28N4. The number of nitrogens with one attached hydrogen (secondary N) is 1. The predicted molar refractivity (Wildman–Crippen MR) is 94.0 cm³/mol. The van der Waals surface area contributed by atoms with Crippen molar-refractivity contribution in [2.75, 3.05) is 26.2 Å². The zero-order valence-electron chi connectivity index (χ0n) is 13.8. The molecule has 120 valence electrons. The molecule has 1 aliphatic heterocycles. The first kappa shape index (κ1) is 16.6. The summed E-state index contributed by atoms with van der Waals surface area (Å²) in [6.45, 7) is 11.6. The zero-order chi connectivity index (χ0) is 15.9. The van der Waals surface area contributed by atoms with Gasteiger partial charge in [0.15, 0.2) is 5.96 Å². The Balaban J connectivity index is 2.06. The monoisotopic (exact) mass is 300 g/mol. The molecule has 1 aromatic rings. The van der Waals surface area contributed by atoms with Gasteiger partial charge in [-0.1, -0.05) is 42.0 Å². The molecule has 2 rings (SSSR count). The van der Waals surface area contributed by atoms with Gasteiger partial charge in [-0.05, 0) is 45.3 Å². The molecule has 1 heterocycles. The van der Waals surface area contributed by atoms with Crippen LogP contribution in [0.25, 0.3) is 0 Å². The Morgan fingerprint density at radius 1 is 1.32 bits per heavy atom. The van der Waals surface area contributed by atoms with Crippen molar-refractivity contribution in [3.8, 4) is 0 Å². The number of nitrogens with zero attached hydrogens (tertiary/aromatic N) is 2. The van der Waals surface area contributed by atoms with Gasteiger partial charge in [0.25, 0.3) is 0 Å². The molecule has 0 radical (unpaired) electrons. The number of aryl methyl sites for hydroxylation is 1. The van der Waals surface area contributed by atoms with E-state index in [1.165, 1.54) is 24.0 Å². The summed E-state index contributed by atoms with van der Waals surface area (Å²) in [5.74, 6) is 0.499. The van der Waals surface area contributed by atoms with Crippen LogP contribution in [0.4, 0.5) is 0 Å². The van der Waals surface area contributed by atoms with Crippen molar-refractivity contribution in [1.82, 2.24) is 10.2 Å². The van der Waals surface area contributed by atoms with E-state index in [2.05, 4.69) is 53.0 Å². The van der Waals surface area contributed by atoms with Crippen molar-refractivity contribution < 1.29 is 0 Å². The number of hydrogen-bond acceptors (Lipinski definition) is 2. The molecule has 0 bridgehead atoms. The SMILES string of the molecule is C=C(C)CNC(N)=NCC(c1ccc(C)cc1)N1CCCC1. The maximum atomic E-state index is 5.95. The summed E-state index contributed by atoms with van der Waals surface area (Å²) in [7, 11) is 0. The molecule has 1 atom stereocenters. The van der Waals surface area contributed by atoms with E-state index < -0.39 is 0 Å². The fourth-order valence-corrected chi connectivity index (χ4v) is 2.76. The predicted octanol–water partition coefficient (Wildman–Crippen LogP) is 2.61. The highest BCUT2D eigenvalue weighted by Crippen LogP contribution is 2.25. The smallest absolute Gasteiger partial charge is 0.188 e. The first-order valence-corrected chi connectivity index (χ1v) is 8.05. The highest BCUT2D eigenvalue weighted by Gasteiger charge is 2.23. The minimum Gasteiger partial charge on any atom is -0.370 e. The minimum absolute atomic E-state index is 0.313. The average molecular weight is 300 g/mol. The molecule has 0 aliphatic carbocycles. The van der Waals surface area contributed by atoms with Gasteiger partial charge in [0, 0.05) is 6.54 Å². The van der Waals surface area contributed by atoms with Crippen molar-refractivity contribution in [2.24, 2.45) is 10.7 Å². The molecule has 0 amide bonds. The topological polar surface area (TPSA) is 53.6 Å². The quantitative estimate of drug-likeness (QED) is 0.482. The molecule has 1 fully saturated rings. The van der Waals surface area contributed by atoms with Crippen molar-refractivity contribution in [3.05, 3.63) is 47.5 Å². The van der Waals surface area contributed by atoms with Crippen LogP contribution in [0.15, 0.2) is 41.4 Å². The van der Waals surface area contributed by atoms with Crippen molar-refractivity contribution in [2.45, 2.75) is 32.7 Å². The maximum absolute atomic E-state index is 5.95. The van der Waals surface area contributed by atoms with E-state index in [-0.39, 0.29) is 0 Å². The van der Waals surface area contributed by atoms with E-state index in [1.54, 1.807) is 0 Å². The van der Waals surface area contributed by atoms with Crippen LogP contribution in [0.1, 0.15) is 36.9 Å². The zero-order valence-corrected chi connectivity index (χ0v) is 13.8. The molecule has 0 aromatic heterocycles. The molecule has 4 heteroatoms. The second-order valence-electron chi connectivity index (χ2n) is 6.21. The first-order valence-electron chi connectivity index (χ1n) is 8.05. The van der Waals surface area contributed by atoms with Crippen LogP contribution < -0.4 is 11.1 Å². The third-order valence-corrected chi connectivity index (χ3v) is 4.05. The molecule has 0 spiro atoms. The minimum atomic E-state index is 0.313. The van der Waals surface area contributed by atoms with Crippen LogP contribution in [-0.2, 0) is 0 Å². The van der Waals surface area contributed by atoms with E-state index in [9.17, 15) is 0 Å². The lowest BCUT2D eigenvalue weighted by Crippen LogP contribution is -2.34. The first-order chi connectivity index (χ1) is 10.6. The van der Waals surface area contributed by atoms with Crippen LogP contribution in [-0.4, -0.2) is 37.0 Å². The summed E-state index contributed by atoms with van der Waals surface area (Å²) in [6, 6.07) is 9.08. The van der Waals surface area contributed by atoms with Gasteiger partial charge in [-0.15, -0.1) is 0 Å². The molecule has 1 aromatic carbocycles. The molecule has 3 N–H and O–H groups in total. The van der Waals surface area contributed by atoms with Gasteiger partial charge in [0.2, 0.25) is 0 Å². The largest absolute Gasteiger partial charge is 0.370 e. The lowest BCUT2D eigenvalue weighted by molar-refractivity contribution is 0.251. The Kier molecular flexibility index (Phi) is 6.01. The van der Waals surface area contributed by atoms with Crippen LogP contribution in [0.5, 0.6) is 0 Å². The van der Waals surface area contributed by atoms with Crippen LogP contribution in [0.3, 0.4) is 0 Å². The van der Waals surface area contributed by atoms with E-state index in [0.717, 1.165) is 18.7 Å². The fourth-order valence-electron chi connectivity index (χ4n) is 2.76. The summed E-state index contributed by atoms with van der Waals surface area (Å²) in [5, 5.41) is 3.10. The highest BCUT2D eigenvalue weighted by atomic mass is 15.2. The third kappa shape index (κ3) is 4.88. The molecule has 1 saturated heterocycles. The number of hydrogen-bond donors (Lipinski definition) is 2. The second kappa shape index (κ2) is 7.99. The van der Waals surface area contributed by atoms with E-state index in [0.29, 0.717) is 25.1 Å². The molecule has 1 unspecified atom stereocenters. The van der Waals surface area contributed by atoms with Crippen molar-refractivity contribution in [1.29, 1.82) is 0 Å². The molecule has 1 aliphatic rings. The lowest BCUT2D eigenvalue weighted by atomic mass is 10.0. The summed E-state index contributed by atoms with van der Waals surface area (Å²) in [6.07, 6.45) is 2.55. The summed E-state index contributed by atoms with van der Waals surface area (Å²) in [4.78, 5) is 7.05. The van der Waals surface area contributed by atoms with Gasteiger partial charge < -0.3 is 11.1 Å². The van der Waals surface area contributed by atoms with Gasteiger partial charge in [-0.3, -0.25) is 9.89 Å². The Morgan fingerprint density at radius 3 is 2.55 bits per heavy atom. The Bertz CT molecular complexity index is 512. The molecular weight excluding hydrogens is 272 g/mol. The van der Waals surface area contributed by atoms with Gasteiger partial charge in [0.1, 0.15) is 0 Å². The highest BCUT2D eigenvalue weighted by molar-refractivity contribution is 5.78. The summed E-state index contributed by atoms with van der Waals surface area (Å²) >= 11 is 0. The van der Waals surface area contributed by atoms with Gasteiger partial charge >= 0.3 is 0 Å². The van der Waals surface area contributed by atoms with Crippen LogP contribution in [0, 0.1) is 6.92 Å². The third-order valence-electron chi connectivity index (χ3n) is 4.05. The number of likely N-dealkylation sites (tertiary alicyclic amines) is 1. The van der Waals surface area contributed by atoms with Crippen LogP contribution >= 0.6 is 0 Å². The number of rotatable bonds is 6. The van der Waals surface area contributed by atoms with E-state index in [1.807, 2.05) is 6.92 Å². The number of guanidine groups is 1. The summed E-state index contributed by atoms with van der Waals surface area (Å²) in [5.41, 5.74) is 9.61. The van der Waals surface area contributed by atoms with Gasteiger partial charge in [0.05, 0.1) is 12.6 Å². The van der Waals surface area contributed by atoms with Gasteiger partial charge in [-0.25, -0.2) is 0 Å². The van der Waals surface area contributed by atoms with Crippen LogP contribution in [0.2, 0.25) is 0 Å². The molecule has 0 saturated carbocycles. The number of benzene rings is 1. The summed E-state index contributed by atoms with van der Waals surface area (Å²) < 4.78 is 0. The molecule has 4 nitrogen and oxygen atoms in total. The average Bonchev–Trinajstić information content (AvgIpc) is 3.01. The number of aliphatic imine (C=N–C) groups is 1. The van der Waals surface area contributed by atoms with E-state index >= 15 is 0 Å². The maximum Gasteiger partial charge on any atom is 0.188 e. The van der Waals surface area contributed by atoms with Crippen molar-refractivity contribution >= 4 is 5.96 Å². The fraction of sp³-hybridized carbons (Fsp3) is 0.500. The Labute approximate surface area is 134 Å². The lowest BCUT2D eigenvalue weighted by Gasteiger charge is -2.26. The molecule has 22 heavy (non-hydrogen) atoms. The Morgan fingerprint density at radius 2 is 1.95 bits per heavy atom. The standard InChI is InChI=1S/C18H28N4/c1-14(2)12-20-18(19)21-13-17(22-10-4-5-11-22)16-8-6-15(3)7-9-16/h6-9,17H,1,4-5,10-13H2,2-3H3,(H3,19,20,21). The normalized spacial score (nSPS) is 17.5. The Hall–Kier alpha value is -1.81. The number of nitrogens with two attached hydrogens (primary N) is 1. The second-order valence-corrected chi connectivity index (χ2v) is 6.21. The van der Waals surface area contributed by atoms with E-state index in [4.69, 9.17) is 5.73 Å². The van der Waals surface area contributed by atoms with Crippen molar-refractivity contribution in [3.63, 3.8) is 0 Å². The van der Waals surface area contributed by atoms with Gasteiger partial charge in [-0.2, -0.15) is 0 Å².